The zero-order valence-corrected chi connectivity index (χ0v) is 11.9. The Bertz CT molecular complexity index is 542. The molecule has 2 aromatic rings. The highest BCUT2D eigenvalue weighted by atomic mass is 127. The summed E-state index contributed by atoms with van der Waals surface area (Å²) in [7, 11) is 0. The van der Waals surface area contributed by atoms with Crippen LogP contribution in [0, 0.1) is 15.4 Å². The van der Waals surface area contributed by atoms with Crippen molar-refractivity contribution in [2.75, 3.05) is 0 Å². The molecule has 0 amide bonds. The average Bonchev–Trinajstić information content (AvgIpc) is 2.75. The number of hydrogen-bond acceptors (Lipinski definition) is 2. The topological polar surface area (TPSA) is 25.2 Å². The molecule has 2 nitrogen and oxygen atoms in total. The molecule has 1 atom stereocenters. The van der Waals surface area contributed by atoms with Gasteiger partial charge in [-0.05, 0) is 59.3 Å². The fraction of sp³-hybridized carbons (Fsp3) is 0.231. The first-order chi connectivity index (χ1) is 8.56. The summed E-state index contributed by atoms with van der Waals surface area (Å²) in [5.41, 5.74) is 0.704. The Morgan fingerprint density at radius 1 is 1.22 bits per heavy atom. The lowest BCUT2D eigenvalue weighted by Crippen LogP contribution is -2.18. The van der Waals surface area contributed by atoms with Crippen molar-refractivity contribution in [3.05, 3.63) is 57.1 Å². The summed E-state index contributed by atoms with van der Waals surface area (Å²) in [6.45, 7) is 2.43. The predicted molar refractivity (Wildman–Crippen MR) is 73.0 cm³/mol. The molecular weight excluding hydrogens is 351 g/mol. The second-order valence-corrected chi connectivity index (χ2v) is 5.05. The average molecular weight is 363 g/mol. The van der Waals surface area contributed by atoms with Crippen LogP contribution in [0.4, 0.5) is 8.78 Å². The van der Waals surface area contributed by atoms with Crippen molar-refractivity contribution in [2.45, 2.75) is 19.5 Å². The van der Waals surface area contributed by atoms with Crippen molar-refractivity contribution in [3.8, 4) is 0 Å². The quantitative estimate of drug-likeness (QED) is 0.831. The van der Waals surface area contributed by atoms with Crippen molar-refractivity contribution >= 4 is 22.6 Å². The molecule has 1 aromatic carbocycles. The number of hydrogen-bond donors (Lipinski definition) is 1. The summed E-state index contributed by atoms with van der Waals surface area (Å²) in [5.74, 6) is -0.839. The first-order valence-electron chi connectivity index (χ1n) is 5.49. The van der Waals surface area contributed by atoms with Crippen LogP contribution in [-0.4, -0.2) is 0 Å². The van der Waals surface area contributed by atoms with Gasteiger partial charge in [0, 0.05) is 6.04 Å². The highest BCUT2D eigenvalue weighted by molar-refractivity contribution is 14.1. The van der Waals surface area contributed by atoms with Gasteiger partial charge in [-0.1, -0.05) is 6.07 Å². The summed E-state index contributed by atoms with van der Waals surface area (Å²) < 4.78 is 32.1. The molecule has 2 rings (SSSR count). The van der Waals surface area contributed by atoms with E-state index < -0.39 is 11.6 Å². The van der Waals surface area contributed by atoms with E-state index in [9.17, 15) is 8.78 Å². The number of nitrogens with one attached hydrogen (secondary N) is 1. The van der Waals surface area contributed by atoms with Crippen molar-refractivity contribution < 1.29 is 13.2 Å². The number of furan rings is 1. The van der Waals surface area contributed by atoms with E-state index in [1.54, 1.807) is 6.07 Å². The van der Waals surface area contributed by atoms with E-state index in [1.807, 2.05) is 19.1 Å². The third kappa shape index (κ3) is 3.29. The molecule has 0 aliphatic heterocycles. The van der Waals surface area contributed by atoms with Crippen LogP contribution in [0.25, 0.3) is 0 Å². The minimum absolute atomic E-state index is 0.0807. The third-order valence-corrected chi connectivity index (χ3v) is 3.23. The highest BCUT2D eigenvalue weighted by Gasteiger charge is 2.09. The van der Waals surface area contributed by atoms with Crippen LogP contribution < -0.4 is 5.32 Å². The molecule has 0 saturated carbocycles. The van der Waals surface area contributed by atoms with Crippen LogP contribution in [0.2, 0.25) is 0 Å². The second kappa shape index (κ2) is 5.79. The first-order valence-corrected chi connectivity index (χ1v) is 6.56. The van der Waals surface area contributed by atoms with Crippen molar-refractivity contribution in [1.82, 2.24) is 5.32 Å². The summed E-state index contributed by atoms with van der Waals surface area (Å²) in [4.78, 5) is 0. The zero-order chi connectivity index (χ0) is 13.1. The Morgan fingerprint density at radius 2 is 2.00 bits per heavy atom. The summed E-state index contributed by atoms with van der Waals surface area (Å²) >= 11 is 2.09. The largest absolute Gasteiger partial charge is 0.454 e. The maximum atomic E-state index is 13.1. The lowest BCUT2D eigenvalue weighted by molar-refractivity contribution is 0.443. The molecule has 0 saturated heterocycles. The van der Waals surface area contributed by atoms with Gasteiger partial charge in [-0.3, -0.25) is 0 Å². The summed E-state index contributed by atoms with van der Waals surface area (Å²) in [6, 6.07) is 7.59. The van der Waals surface area contributed by atoms with E-state index in [2.05, 4.69) is 27.9 Å². The van der Waals surface area contributed by atoms with Gasteiger partial charge in [-0.2, -0.15) is 0 Å². The maximum Gasteiger partial charge on any atom is 0.164 e. The van der Waals surface area contributed by atoms with Crippen LogP contribution in [0.1, 0.15) is 24.3 Å². The predicted octanol–water partition coefficient (Wildman–Crippen LogP) is 4.01. The lowest BCUT2D eigenvalue weighted by Gasteiger charge is -2.13. The molecular formula is C13H12F2INO. The van der Waals surface area contributed by atoms with Gasteiger partial charge < -0.3 is 9.73 Å². The molecule has 0 aliphatic rings. The second-order valence-electron chi connectivity index (χ2n) is 3.98. The normalized spacial score (nSPS) is 12.7. The molecule has 18 heavy (non-hydrogen) atoms. The monoisotopic (exact) mass is 363 g/mol. The van der Waals surface area contributed by atoms with E-state index >= 15 is 0 Å². The van der Waals surface area contributed by atoms with E-state index in [-0.39, 0.29) is 6.04 Å². The Balaban J connectivity index is 1.99. The minimum atomic E-state index is -0.827. The number of halogens is 3. The SMILES string of the molecule is CC(NCc1ccc(I)o1)c1ccc(F)c(F)c1. The molecule has 0 aliphatic carbocycles. The van der Waals surface area contributed by atoms with Crippen molar-refractivity contribution in [2.24, 2.45) is 0 Å². The van der Waals surface area contributed by atoms with Crippen LogP contribution in [0.5, 0.6) is 0 Å². The van der Waals surface area contributed by atoms with Crippen LogP contribution in [0.15, 0.2) is 34.7 Å². The van der Waals surface area contributed by atoms with Crippen molar-refractivity contribution in [3.63, 3.8) is 0 Å². The van der Waals surface area contributed by atoms with Gasteiger partial charge in [-0.15, -0.1) is 0 Å². The van der Waals surface area contributed by atoms with Gasteiger partial charge in [0.2, 0.25) is 0 Å². The molecule has 0 fully saturated rings. The molecule has 1 N–H and O–H groups in total. The maximum absolute atomic E-state index is 13.1. The number of benzene rings is 1. The van der Waals surface area contributed by atoms with E-state index in [0.29, 0.717) is 12.1 Å². The van der Waals surface area contributed by atoms with Crippen LogP contribution in [-0.2, 0) is 6.54 Å². The third-order valence-electron chi connectivity index (χ3n) is 2.65. The Kier molecular flexibility index (Phi) is 4.34. The van der Waals surface area contributed by atoms with Gasteiger partial charge >= 0.3 is 0 Å². The van der Waals surface area contributed by atoms with Gasteiger partial charge in [0.05, 0.1) is 6.54 Å². The van der Waals surface area contributed by atoms with Gasteiger partial charge in [-0.25, -0.2) is 8.78 Å². The zero-order valence-electron chi connectivity index (χ0n) is 9.71. The minimum Gasteiger partial charge on any atom is -0.454 e. The van der Waals surface area contributed by atoms with Crippen molar-refractivity contribution in [1.29, 1.82) is 0 Å². The Hall–Kier alpha value is -0.950. The summed E-state index contributed by atoms with van der Waals surface area (Å²) in [6.07, 6.45) is 0. The smallest absolute Gasteiger partial charge is 0.164 e. The molecule has 5 heteroatoms. The van der Waals surface area contributed by atoms with Gasteiger partial charge in [0.1, 0.15) is 5.76 Å². The summed E-state index contributed by atoms with van der Waals surface area (Å²) in [5, 5.41) is 3.19. The van der Waals surface area contributed by atoms with E-state index in [0.717, 1.165) is 15.6 Å². The standard InChI is InChI=1S/C13H12F2INO/c1-8(9-2-4-11(14)12(15)6-9)17-7-10-3-5-13(16)18-10/h2-6,8,17H,7H2,1H3. The first kappa shape index (κ1) is 13.5. The molecule has 0 radical (unpaired) electrons. The Morgan fingerprint density at radius 3 is 2.61 bits per heavy atom. The molecule has 96 valence electrons. The molecule has 1 aromatic heterocycles. The molecule has 1 heterocycles. The van der Waals surface area contributed by atoms with E-state index in [1.165, 1.54) is 6.07 Å². The fourth-order valence-electron chi connectivity index (χ4n) is 1.60. The molecule has 0 bridgehead atoms. The van der Waals surface area contributed by atoms with E-state index in [4.69, 9.17) is 4.42 Å². The fourth-order valence-corrected chi connectivity index (χ4v) is 2.06. The lowest BCUT2D eigenvalue weighted by atomic mass is 10.1. The Labute approximate surface area is 118 Å². The highest BCUT2D eigenvalue weighted by Crippen LogP contribution is 2.17. The molecule has 1 unspecified atom stereocenters. The van der Waals surface area contributed by atoms with Gasteiger partial charge in [0.15, 0.2) is 15.4 Å². The molecule has 0 spiro atoms. The number of rotatable bonds is 4. The van der Waals surface area contributed by atoms with Gasteiger partial charge in [0.25, 0.3) is 0 Å². The van der Waals surface area contributed by atoms with Crippen LogP contribution in [0.3, 0.4) is 0 Å². The van der Waals surface area contributed by atoms with Crippen LogP contribution >= 0.6 is 22.6 Å².